The first-order chi connectivity index (χ1) is 12.0. The Bertz CT molecular complexity index is 835. The molecule has 0 aromatic heterocycles. The zero-order valence-electron chi connectivity index (χ0n) is 15.3. The zero-order valence-corrected chi connectivity index (χ0v) is 17.7. The first-order valence-corrected chi connectivity index (χ1v) is 12.3. The molecule has 1 aliphatic heterocycles. The number of benzene rings is 1. The number of halogens is 1. The highest BCUT2D eigenvalue weighted by atomic mass is 35.5. The van der Waals surface area contributed by atoms with Crippen molar-refractivity contribution < 1.29 is 16.8 Å². The third kappa shape index (κ3) is 6.17. The number of hydrogen-bond acceptors (Lipinski definition) is 6. The van der Waals surface area contributed by atoms with Gasteiger partial charge in [0.25, 0.3) is 0 Å². The van der Waals surface area contributed by atoms with E-state index in [-0.39, 0.29) is 33.8 Å². The number of sulfone groups is 1. The van der Waals surface area contributed by atoms with E-state index < -0.39 is 19.9 Å². The minimum atomic E-state index is -3.87. The Morgan fingerprint density at radius 1 is 1.15 bits per heavy atom. The first-order valence-electron chi connectivity index (χ1n) is 8.36. The Morgan fingerprint density at radius 3 is 2.35 bits per heavy atom. The van der Waals surface area contributed by atoms with Crippen LogP contribution in [0.5, 0.6) is 0 Å². The van der Waals surface area contributed by atoms with Gasteiger partial charge in [-0.05, 0) is 31.7 Å². The molecule has 0 spiro atoms. The second kappa shape index (κ2) is 8.53. The van der Waals surface area contributed by atoms with Gasteiger partial charge >= 0.3 is 0 Å². The van der Waals surface area contributed by atoms with Crippen LogP contribution in [0.15, 0.2) is 23.1 Å². The van der Waals surface area contributed by atoms with Crippen LogP contribution in [0.4, 0.5) is 0 Å². The summed E-state index contributed by atoms with van der Waals surface area (Å²) >= 11 is 5.94. The van der Waals surface area contributed by atoms with Crippen molar-refractivity contribution in [3.63, 3.8) is 0 Å². The molecule has 2 rings (SSSR count). The fourth-order valence-electron chi connectivity index (χ4n) is 2.88. The highest BCUT2D eigenvalue weighted by Crippen LogP contribution is 2.22. The van der Waals surface area contributed by atoms with Crippen molar-refractivity contribution >= 4 is 31.5 Å². The minimum Gasteiger partial charge on any atom is -0.304 e. The van der Waals surface area contributed by atoms with E-state index in [1.54, 1.807) is 0 Å². The Morgan fingerprint density at radius 2 is 1.77 bits per heavy atom. The van der Waals surface area contributed by atoms with Gasteiger partial charge in [-0.1, -0.05) is 17.7 Å². The topological polar surface area (TPSA) is 86.8 Å². The molecule has 148 valence electrons. The molecule has 0 amide bonds. The molecular weight excluding hydrogens is 398 g/mol. The van der Waals surface area contributed by atoms with E-state index in [1.165, 1.54) is 18.2 Å². The highest BCUT2D eigenvalue weighted by Gasteiger charge is 2.24. The predicted molar refractivity (Wildman–Crippen MR) is 104 cm³/mol. The minimum absolute atomic E-state index is 0.0380. The summed E-state index contributed by atoms with van der Waals surface area (Å²) in [6, 6.07) is 4.27. The van der Waals surface area contributed by atoms with Crippen LogP contribution < -0.4 is 4.72 Å². The second-order valence-corrected chi connectivity index (χ2v) is 11.2. The first kappa shape index (κ1) is 21.6. The monoisotopic (exact) mass is 423 g/mol. The fraction of sp³-hybridized carbons (Fsp3) is 0.625. The van der Waals surface area contributed by atoms with Crippen LogP contribution in [0.1, 0.15) is 12.5 Å². The molecule has 1 aliphatic rings. The van der Waals surface area contributed by atoms with E-state index in [4.69, 9.17) is 11.6 Å². The van der Waals surface area contributed by atoms with Crippen LogP contribution in [0.3, 0.4) is 0 Å². The molecule has 10 heteroatoms. The molecule has 0 aliphatic carbocycles. The normalized spacial score (nSPS) is 18.8. The van der Waals surface area contributed by atoms with Crippen LogP contribution in [-0.2, 0) is 25.6 Å². The van der Waals surface area contributed by atoms with Gasteiger partial charge in [0.2, 0.25) is 10.0 Å². The summed E-state index contributed by atoms with van der Waals surface area (Å²) in [6.07, 6.45) is 1.07. The number of piperazine rings is 1. The molecule has 0 unspecified atom stereocenters. The highest BCUT2D eigenvalue weighted by molar-refractivity contribution is 7.90. The lowest BCUT2D eigenvalue weighted by Crippen LogP contribution is -2.51. The summed E-state index contributed by atoms with van der Waals surface area (Å²) in [5.41, 5.74) is 0.219. The Labute approximate surface area is 161 Å². The molecule has 26 heavy (non-hydrogen) atoms. The van der Waals surface area contributed by atoms with Crippen LogP contribution >= 0.6 is 11.6 Å². The van der Waals surface area contributed by atoms with Gasteiger partial charge in [-0.15, -0.1) is 0 Å². The Balaban J connectivity index is 2.13. The van der Waals surface area contributed by atoms with Crippen molar-refractivity contribution in [1.29, 1.82) is 0 Å². The molecule has 1 aromatic rings. The van der Waals surface area contributed by atoms with E-state index in [0.29, 0.717) is 0 Å². The molecular formula is C16H26ClN3O4S2. The molecule has 1 fully saturated rings. The summed E-state index contributed by atoms with van der Waals surface area (Å²) in [5, 5.41) is 0.245. The van der Waals surface area contributed by atoms with Crippen molar-refractivity contribution in [3.8, 4) is 0 Å². The Hall–Kier alpha value is -0.710. The molecule has 1 atom stereocenters. The van der Waals surface area contributed by atoms with Gasteiger partial charge in [0.05, 0.1) is 10.6 Å². The number of nitrogens with one attached hydrogen (secondary N) is 1. The molecule has 1 N–H and O–H groups in total. The molecule has 0 radical (unpaired) electrons. The van der Waals surface area contributed by atoms with Gasteiger partial charge in [0.15, 0.2) is 9.84 Å². The van der Waals surface area contributed by atoms with Gasteiger partial charge in [-0.2, -0.15) is 0 Å². The molecule has 1 heterocycles. The predicted octanol–water partition coefficient (Wildman–Crippen LogP) is 0.799. The fourth-order valence-corrected chi connectivity index (χ4v) is 5.41. The van der Waals surface area contributed by atoms with Crippen molar-refractivity contribution in [2.24, 2.45) is 0 Å². The number of likely N-dealkylation sites (N-methyl/N-ethyl adjacent to an activating group) is 1. The maximum absolute atomic E-state index is 12.7. The van der Waals surface area contributed by atoms with E-state index in [9.17, 15) is 16.8 Å². The summed E-state index contributed by atoms with van der Waals surface area (Å²) in [6.45, 7) is 5.89. The second-order valence-electron chi connectivity index (χ2n) is 6.86. The largest absolute Gasteiger partial charge is 0.304 e. The lowest BCUT2D eigenvalue weighted by molar-refractivity contribution is 0.120. The number of hydrogen-bond donors (Lipinski definition) is 1. The average Bonchev–Trinajstić information content (AvgIpc) is 2.54. The number of nitrogens with zero attached hydrogens (tertiary/aromatic N) is 2. The third-order valence-corrected chi connectivity index (χ3v) is 7.04. The summed E-state index contributed by atoms with van der Waals surface area (Å²) in [5.74, 6) is -0.353. The van der Waals surface area contributed by atoms with Gasteiger partial charge in [-0.3, -0.25) is 4.90 Å². The maximum Gasteiger partial charge on any atom is 0.240 e. The van der Waals surface area contributed by atoms with E-state index in [0.717, 1.165) is 32.4 Å². The number of rotatable bonds is 7. The molecule has 0 saturated carbocycles. The standard InChI is InChI=1S/C16H26ClN3O4S2/c1-13(20-8-6-19(2)7-9-20)11-18-26(23,24)16-10-15(17)5-4-14(16)12-25(3,21)22/h4-5,10,13,18H,6-9,11-12H2,1-3H3/t13-/m0/s1. The lowest BCUT2D eigenvalue weighted by atomic mass is 10.2. The molecule has 7 nitrogen and oxygen atoms in total. The van der Waals surface area contributed by atoms with Gasteiger partial charge < -0.3 is 4.90 Å². The van der Waals surface area contributed by atoms with Gasteiger partial charge in [0, 0.05) is 50.0 Å². The average molecular weight is 424 g/mol. The van der Waals surface area contributed by atoms with Crippen molar-refractivity contribution in [1.82, 2.24) is 14.5 Å². The van der Waals surface area contributed by atoms with Crippen molar-refractivity contribution in [3.05, 3.63) is 28.8 Å². The zero-order chi connectivity index (χ0) is 19.5. The summed E-state index contributed by atoms with van der Waals surface area (Å²) in [7, 11) is -5.18. The van der Waals surface area contributed by atoms with Crippen LogP contribution in [0, 0.1) is 0 Å². The smallest absolute Gasteiger partial charge is 0.240 e. The van der Waals surface area contributed by atoms with Crippen molar-refractivity contribution in [2.45, 2.75) is 23.6 Å². The molecule has 0 bridgehead atoms. The number of sulfonamides is 1. The molecule has 1 aromatic carbocycles. The van der Waals surface area contributed by atoms with Crippen LogP contribution in [-0.4, -0.2) is 78.7 Å². The van der Waals surface area contributed by atoms with E-state index >= 15 is 0 Å². The van der Waals surface area contributed by atoms with Gasteiger partial charge in [-0.25, -0.2) is 21.6 Å². The van der Waals surface area contributed by atoms with Crippen LogP contribution in [0.25, 0.3) is 0 Å². The Kier molecular flexibility index (Phi) is 7.09. The van der Waals surface area contributed by atoms with E-state index in [1.807, 2.05) is 6.92 Å². The maximum atomic E-state index is 12.7. The lowest BCUT2D eigenvalue weighted by Gasteiger charge is -2.36. The molecule has 1 saturated heterocycles. The van der Waals surface area contributed by atoms with Gasteiger partial charge in [0.1, 0.15) is 0 Å². The summed E-state index contributed by atoms with van der Waals surface area (Å²) < 4.78 is 51.3. The summed E-state index contributed by atoms with van der Waals surface area (Å²) in [4.78, 5) is 4.38. The third-order valence-electron chi connectivity index (χ3n) is 4.47. The van der Waals surface area contributed by atoms with E-state index in [2.05, 4.69) is 21.6 Å². The van der Waals surface area contributed by atoms with Crippen LogP contribution in [0.2, 0.25) is 5.02 Å². The van der Waals surface area contributed by atoms with Crippen molar-refractivity contribution in [2.75, 3.05) is 46.0 Å². The SMILES string of the molecule is C[C@@H](CNS(=O)(=O)c1cc(Cl)ccc1CS(C)(=O)=O)N1CCN(C)CC1. The quantitative estimate of drug-likeness (QED) is 0.698.